The Bertz CT molecular complexity index is 108. The first-order valence-electron chi connectivity index (χ1n) is 3.06. The number of carboxylic acid groups (broad SMARTS) is 1. The molecule has 0 aliphatic heterocycles. The molecule has 0 amide bonds. The molecule has 0 aromatic carbocycles. The van der Waals surface area contributed by atoms with Crippen molar-refractivity contribution in [2.24, 2.45) is 11.7 Å². The van der Waals surface area contributed by atoms with Gasteiger partial charge in [0.05, 0.1) is 5.97 Å². The topological polar surface area (TPSA) is 66.2 Å². The molecular weight excluding hydrogens is 157 g/mol. The Morgan fingerprint density at radius 1 is 1.70 bits per heavy atom. The summed E-state index contributed by atoms with van der Waals surface area (Å²) in [6, 6.07) is -0.810. The second-order valence-electron chi connectivity index (χ2n) is 2.23. The monoisotopic (exact) mass is 169 g/mol. The second kappa shape index (κ2) is 6.76. The third-order valence-corrected chi connectivity index (χ3v) is 1.53. The number of rotatable bonds is 3. The van der Waals surface area contributed by atoms with Crippen molar-refractivity contribution in [3.05, 3.63) is 0 Å². The van der Waals surface area contributed by atoms with E-state index >= 15 is 0 Å². The van der Waals surface area contributed by atoms with Gasteiger partial charge in [-0.05, 0) is 5.92 Å². The van der Waals surface area contributed by atoms with E-state index in [4.69, 9.17) is 5.73 Å². The summed E-state index contributed by atoms with van der Waals surface area (Å²) in [4.78, 5) is 10.1. The average Bonchev–Trinajstić information content (AvgIpc) is 1.84. The Balaban J connectivity index is 0. The maximum Gasteiger partial charge on any atom is 1.00 e. The largest absolute Gasteiger partial charge is 1.00 e. The molecule has 0 spiro atoms. The van der Waals surface area contributed by atoms with E-state index in [1.165, 1.54) is 0 Å². The number of hydrogen-bond donors (Lipinski definition) is 1. The van der Waals surface area contributed by atoms with Gasteiger partial charge in [-0.2, -0.15) is 0 Å². The quantitative estimate of drug-likeness (QED) is 0.439. The van der Waals surface area contributed by atoms with E-state index in [1.54, 1.807) is 6.92 Å². The van der Waals surface area contributed by atoms with E-state index in [2.05, 4.69) is 0 Å². The summed E-state index contributed by atoms with van der Waals surface area (Å²) in [5.41, 5.74) is 5.21. The van der Waals surface area contributed by atoms with Gasteiger partial charge in [0.2, 0.25) is 0 Å². The fraction of sp³-hybridized carbons (Fsp3) is 0.833. The van der Waals surface area contributed by atoms with Crippen LogP contribution in [0.25, 0.3) is 0 Å². The molecule has 2 atom stereocenters. The van der Waals surface area contributed by atoms with E-state index in [-0.39, 0.29) is 57.3 Å². The van der Waals surface area contributed by atoms with Crippen molar-refractivity contribution in [2.75, 3.05) is 0 Å². The molecule has 0 saturated heterocycles. The second-order valence-corrected chi connectivity index (χ2v) is 2.23. The Hall–Kier alpha value is 1.07. The van der Waals surface area contributed by atoms with Crippen molar-refractivity contribution in [3.8, 4) is 0 Å². The zero-order chi connectivity index (χ0) is 7.44. The van der Waals surface area contributed by atoms with Crippen molar-refractivity contribution >= 4 is 5.97 Å². The fourth-order valence-corrected chi connectivity index (χ4v) is 0.486. The Morgan fingerprint density at radius 2 is 2.10 bits per heavy atom. The number of aliphatic carboxylic acids is 1. The molecule has 0 heterocycles. The van der Waals surface area contributed by atoms with Gasteiger partial charge in [0.25, 0.3) is 0 Å². The molecule has 0 fully saturated rings. The molecule has 0 aromatic heterocycles. The first kappa shape index (κ1) is 13.6. The van der Waals surface area contributed by atoms with E-state index < -0.39 is 12.0 Å². The minimum atomic E-state index is -1.16. The van der Waals surface area contributed by atoms with E-state index in [9.17, 15) is 9.90 Å². The van der Waals surface area contributed by atoms with E-state index in [1.807, 2.05) is 6.92 Å². The van der Waals surface area contributed by atoms with Crippen LogP contribution in [0, 0.1) is 5.92 Å². The van der Waals surface area contributed by atoms with E-state index in [0.29, 0.717) is 0 Å². The van der Waals surface area contributed by atoms with Gasteiger partial charge in [0.1, 0.15) is 0 Å². The molecule has 0 rings (SSSR count). The minimum absolute atomic E-state index is 0. The van der Waals surface area contributed by atoms with Crippen LogP contribution in [0.15, 0.2) is 0 Å². The predicted octanol–water partition coefficient (Wildman–Crippen LogP) is -3.89. The zero-order valence-electron chi connectivity index (χ0n) is 6.76. The third-order valence-electron chi connectivity index (χ3n) is 1.53. The summed E-state index contributed by atoms with van der Waals surface area (Å²) < 4.78 is 0. The van der Waals surface area contributed by atoms with Crippen LogP contribution in [-0.4, -0.2) is 12.0 Å². The first-order chi connectivity index (χ1) is 4.09. The summed E-state index contributed by atoms with van der Waals surface area (Å²) in [5, 5.41) is 10.1. The molecule has 10 heavy (non-hydrogen) atoms. The maximum absolute atomic E-state index is 10.1. The average molecular weight is 169 g/mol. The van der Waals surface area contributed by atoms with Crippen molar-refractivity contribution in [1.29, 1.82) is 0 Å². The van der Waals surface area contributed by atoms with Crippen LogP contribution >= 0.6 is 0 Å². The van der Waals surface area contributed by atoms with Crippen LogP contribution in [0.1, 0.15) is 20.3 Å². The number of nitrogens with two attached hydrogens (primary N) is 1. The van der Waals surface area contributed by atoms with Crippen LogP contribution in [0.4, 0.5) is 0 Å². The van der Waals surface area contributed by atoms with Crippen molar-refractivity contribution in [1.82, 2.24) is 0 Å². The molecule has 54 valence electrons. The standard InChI is InChI=1S/C6H13NO2.K/c1-3-4(2)5(7)6(8)9;/h4-5H,3,7H2,1-2H3,(H,8,9);/q;+1/p-1/t4-,5-;/m0./s1. The normalized spacial score (nSPS) is 15.1. The molecule has 0 unspecified atom stereocenters. The molecule has 0 aliphatic carbocycles. The molecule has 2 N–H and O–H groups in total. The molecule has 0 saturated carbocycles. The molecule has 3 nitrogen and oxygen atoms in total. The molecule has 0 aromatic rings. The van der Waals surface area contributed by atoms with Gasteiger partial charge in [-0.1, -0.05) is 20.3 Å². The van der Waals surface area contributed by atoms with Gasteiger partial charge < -0.3 is 15.6 Å². The Labute approximate surface area is 104 Å². The summed E-state index contributed by atoms with van der Waals surface area (Å²) in [6.45, 7) is 3.69. The summed E-state index contributed by atoms with van der Waals surface area (Å²) >= 11 is 0. The maximum atomic E-state index is 10.1. The number of carboxylic acids is 1. The third kappa shape index (κ3) is 4.82. The van der Waals surface area contributed by atoms with Gasteiger partial charge in [-0.25, -0.2) is 0 Å². The van der Waals surface area contributed by atoms with Crippen LogP contribution in [0.2, 0.25) is 0 Å². The SMILES string of the molecule is CC[C@H](C)[C@H](N)C(=O)[O-].[K+]. The van der Waals surface area contributed by atoms with Crippen LogP contribution in [-0.2, 0) is 4.79 Å². The zero-order valence-corrected chi connectivity index (χ0v) is 9.88. The molecule has 0 aliphatic rings. The summed E-state index contributed by atoms with van der Waals surface area (Å²) in [7, 11) is 0. The Kier molecular flexibility index (Phi) is 9.22. The first-order valence-corrected chi connectivity index (χ1v) is 3.06. The number of hydrogen-bond acceptors (Lipinski definition) is 3. The van der Waals surface area contributed by atoms with E-state index in [0.717, 1.165) is 6.42 Å². The van der Waals surface area contributed by atoms with Gasteiger partial charge in [-0.3, -0.25) is 0 Å². The van der Waals surface area contributed by atoms with Crippen LogP contribution in [0.3, 0.4) is 0 Å². The molecule has 0 radical (unpaired) electrons. The van der Waals surface area contributed by atoms with Gasteiger partial charge in [-0.15, -0.1) is 0 Å². The predicted molar refractivity (Wildman–Crippen MR) is 32.4 cm³/mol. The van der Waals surface area contributed by atoms with Crippen molar-refractivity contribution in [3.63, 3.8) is 0 Å². The summed E-state index contributed by atoms with van der Waals surface area (Å²) in [5.74, 6) is -1.15. The summed E-state index contributed by atoms with van der Waals surface area (Å²) in [6.07, 6.45) is 0.773. The minimum Gasteiger partial charge on any atom is -0.548 e. The Morgan fingerprint density at radius 3 is 2.20 bits per heavy atom. The van der Waals surface area contributed by atoms with Crippen molar-refractivity contribution in [2.45, 2.75) is 26.3 Å². The van der Waals surface area contributed by atoms with Gasteiger partial charge in [0.15, 0.2) is 0 Å². The van der Waals surface area contributed by atoms with Crippen LogP contribution in [0.5, 0.6) is 0 Å². The molecule has 0 bridgehead atoms. The molecular formula is C6H12KNO2. The molecule has 4 heteroatoms. The van der Waals surface area contributed by atoms with Crippen molar-refractivity contribution < 1.29 is 61.3 Å². The van der Waals surface area contributed by atoms with Gasteiger partial charge >= 0.3 is 51.4 Å². The van der Waals surface area contributed by atoms with Crippen LogP contribution < -0.4 is 62.2 Å². The number of carbonyl (C=O) groups is 1. The smallest absolute Gasteiger partial charge is 0.548 e. The van der Waals surface area contributed by atoms with Gasteiger partial charge in [0, 0.05) is 6.04 Å². The fourth-order valence-electron chi connectivity index (χ4n) is 0.486. The number of carbonyl (C=O) groups excluding carboxylic acids is 1.